The van der Waals surface area contributed by atoms with Crippen LogP contribution in [0.4, 0.5) is 4.39 Å². The summed E-state index contributed by atoms with van der Waals surface area (Å²) in [5.74, 6) is 0.272. The molecule has 2 heterocycles. The van der Waals surface area contributed by atoms with Gasteiger partial charge in [0.2, 0.25) is 5.78 Å². The lowest BCUT2D eigenvalue weighted by molar-refractivity contribution is 0.0734. The summed E-state index contributed by atoms with van der Waals surface area (Å²) in [5, 5.41) is 0.570. The highest BCUT2D eigenvalue weighted by atomic mass is 19.1. The van der Waals surface area contributed by atoms with E-state index in [1.54, 1.807) is 43.3 Å². The molecule has 0 aliphatic carbocycles. The molecule has 1 aliphatic heterocycles. The van der Waals surface area contributed by atoms with Crippen LogP contribution in [-0.4, -0.2) is 11.8 Å². The third-order valence-corrected chi connectivity index (χ3v) is 6.31. The van der Waals surface area contributed by atoms with Crippen molar-refractivity contribution in [1.29, 1.82) is 0 Å². The van der Waals surface area contributed by atoms with Gasteiger partial charge in [0.05, 0.1) is 5.56 Å². The summed E-state index contributed by atoms with van der Waals surface area (Å²) in [6.07, 6.45) is 1.53. The Bertz CT molecular complexity index is 1750. The van der Waals surface area contributed by atoms with Gasteiger partial charge in [0, 0.05) is 11.5 Å². The van der Waals surface area contributed by atoms with Gasteiger partial charge in [0.15, 0.2) is 5.76 Å². The zero-order valence-corrected chi connectivity index (χ0v) is 20.8. The van der Waals surface area contributed by atoms with Crippen molar-refractivity contribution in [3.63, 3.8) is 0 Å². The molecule has 0 fully saturated rings. The second-order valence-electron chi connectivity index (χ2n) is 9.00. The molecule has 0 saturated heterocycles. The highest BCUT2D eigenvalue weighted by Gasteiger charge is 2.28. The summed E-state index contributed by atoms with van der Waals surface area (Å²) in [6, 6.07) is 25.3. The molecule has 0 spiro atoms. The van der Waals surface area contributed by atoms with Crippen LogP contribution < -0.4 is 14.2 Å². The first kappa shape index (κ1) is 24.2. The average molecular weight is 521 g/mol. The fourth-order valence-corrected chi connectivity index (χ4v) is 4.38. The van der Waals surface area contributed by atoms with Crippen molar-refractivity contribution in [2.75, 3.05) is 0 Å². The average Bonchev–Trinajstić information content (AvgIpc) is 3.43. The van der Waals surface area contributed by atoms with Gasteiger partial charge in [-0.3, -0.25) is 4.79 Å². The summed E-state index contributed by atoms with van der Waals surface area (Å²) in [6.45, 7) is 2.08. The number of benzene rings is 4. The van der Waals surface area contributed by atoms with E-state index in [2.05, 4.69) is 0 Å². The molecule has 4 aromatic carbocycles. The predicted octanol–water partition coefficient (Wildman–Crippen LogP) is 7.29. The smallest absolute Gasteiger partial charge is 0.347 e. The molecule has 0 radical (unpaired) electrons. The van der Waals surface area contributed by atoms with E-state index in [4.69, 9.17) is 18.6 Å². The van der Waals surface area contributed by atoms with Crippen molar-refractivity contribution < 1.29 is 32.6 Å². The number of esters is 1. The Morgan fingerprint density at radius 2 is 1.69 bits per heavy atom. The highest BCUT2D eigenvalue weighted by molar-refractivity contribution is 6.14. The van der Waals surface area contributed by atoms with E-state index < -0.39 is 5.97 Å². The molecule has 39 heavy (non-hydrogen) atoms. The SMILES string of the molecule is Cc1oc2ccc(OCc3ccccc3)cc2c1C(=O)Oc1ccc2c(c1)OC(=Cc1ccc(F)cc1)C2=O. The number of hydrogen-bond acceptors (Lipinski definition) is 6. The number of halogens is 1. The maximum Gasteiger partial charge on any atom is 0.347 e. The number of allylic oxidation sites excluding steroid dienone is 1. The van der Waals surface area contributed by atoms with Gasteiger partial charge in [-0.05, 0) is 66.6 Å². The highest BCUT2D eigenvalue weighted by Crippen LogP contribution is 2.36. The van der Waals surface area contributed by atoms with Gasteiger partial charge in [0.25, 0.3) is 0 Å². The number of Topliss-reactive ketones (excluding diaryl/α,β-unsaturated/α-hetero) is 1. The molecule has 7 heteroatoms. The fourth-order valence-electron chi connectivity index (χ4n) is 4.38. The van der Waals surface area contributed by atoms with Crippen LogP contribution in [0.1, 0.15) is 37.6 Å². The molecular weight excluding hydrogens is 499 g/mol. The maximum atomic E-state index is 13.2. The monoisotopic (exact) mass is 520 g/mol. The zero-order chi connectivity index (χ0) is 26.9. The van der Waals surface area contributed by atoms with Crippen LogP contribution in [0.25, 0.3) is 17.0 Å². The summed E-state index contributed by atoms with van der Waals surface area (Å²) in [5.41, 5.74) is 2.80. The van der Waals surface area contributed by atoms with Crippen LogP contribution in [-0.2, 0) is 6.61 Å². The third kappa shape index (κ3) is 4.90. The molecule has 0 N–H and O–H groups in total. The second-order valence-corrected chi connectivity index (χ2v) is 9.00. The fraction of sp³-hybridized carbons (Fsp3) is 0.0625. The third-order valence-electron chi connectivity index (χ3n) is 6.31. The molecule has 192 valence electrons. The number of ketones is 1. The first-order chi connectivity index (χ1) is 18.9. The van der Waals surface area contributed by atoms with Gasteiger partial charge in [0.1, 0.15) is 46.6 Å². The van der Waals surface area contributed by atoms with Crippen molar-refractivity contribution in [3.05, 3.63) is 131 Å². The maximum absolute atomic E-state index is 13.2. The van der Waals surface area contributed by atoms with Crippen molar-refractivity contribution in [2.45, 2.75) is 13.5 Å². The lowest BCUT2D eigenvalue weighted by atomic mass is 10.1. The summed E-state index contributed by atoms with van der Waals surface area (Å²) >= 11 is 0. The molecule has 0 amide bonds. The van der Waals surface area contributed by atoms with E-state index in [0.29, 0.717) is 40.2 Å². The Kier molecular flexibility index (Phi) is 6.17. The van der Waals surface area contributed by atoms with Crippen molar-refractivity contribution in [1.82, 2.24) is 0 Å². The molecule has 1 aromatic heterocycles. The van der Waals surface area contributed by atoms with Gasteiger partial charge in [-0.15, -0.1) is 0 Å². The Balaban J connectivity index is 1.21. The minimum Gasteiger partial charge on any atom is -0.489 e. The predicted molar refractivity (Wildman–Crippen MR) is 142 cm³/mol. The summed E-state index contributed by atoms with van der Waals surface area (Å²) in [7, 11) is 0. The molecule has 0 atom stereocenters. The van der Waals surface area contributed by atoms with Crippen LogP contribution >= 0.6 is 0 Å². The second kappa shape index (κ2) is 9.95. The van der Waals surface area contributed by atoms with E-state index in [1.165, 1.54) is 30.3 Å². The Morgan fingerprint density at radius 1 is 0.923 bits per heavy atom. The standard InChI is InChI=1S/C32H21FO6/c1-19-30(26-16-23(12-14-27(26)37-19)36-18-21-5-3-2-4-6-21)32(35)38-24-11-13-25-28(17-24)39-29(31(25)34)15-20-7-9-22(33)10-8-20/h2-17H,18H2,1H3. The quantitative estimate of drug-likeness (QED) is 0.133. The number of hydrogen-bond donors (Lipinski definition) is 0. The van der Waals surface area contributed by atoms with E-state index >= 15 is 0 Å². The Morgan fingerprint density at radius 3 is 2.49 bits per heavy atom. The number of carbonyl (C=O) groups is 2. The van der Waals surface area contributed by atoms with Crippen molar-refractivity contribution in [2.24, 2.45) is 0 Å². The van der Waals surface area contributed by atoms with E-state index in [9.17, 15) is 14.0 Å². The number of ether oxygens (including phenoxy) is 3. The molecule has 5 aromatic rings. The Hall–Kier alpha value is -5.17. The van der Waals surface area contributed by atoms with Crippen LogP contribution in [0, 0.1) is 12.7 Å². The van der Waals surface area contributed by atoms with Crippen LogP contribution in [0.3, 0.4) is 0 Å². The topological polar surface area (TPSA) is 75.0 Å². The largest absolute Gasteiger partial charge is 0.489 e. The van der Waals surface area contributed by atoms with Crippen LogP contribution in [0.2, 0.25) is 0 Å². The first-order valence-electron chi connectivity index (χ1n) is 12.2. The number of aryl methyl sites for hydroxylation is 1. The van der Waals surface area contributed by atoms with Crippen LogP contribution in [0.5, 0.6) is 17.2 Å². The number of rotatable bonds is 6. The van der Waals surface area contributed by atoms with Gasteiger partial charge in [-0.25, -0.2) is 9.18 Å². The molecule has 6 rings (SSSR count). The molecule has 1 aliphatic rings. The van der Waals surface area contributed by atoms with Crippen molar-refractivity contribution in [3.8, 4) is 17.2 Å². The molecule has 0 saturated carbocycles. The minimum atomic E-state index is -0.613. The molecule has 6 nitrogen and oxygen atoms in total. The van der Waals surface area contributed by atoms with E-state index in [0.717, 1.165) is 5.56 Å². The van der Waals surface area contributed by atoms with Gasteiger partial charge in [-0.2, -0.15) is 0 Å². The molecule has 0 unspecified atom stereocenters. The first-order valence-corrected chi connectivity index (χ1v) is 12.2. The van der Waals surface area contributed by atoms with E-state index in [1.807, 2.05) is 30.3 Å². The van der Waals surface area contributed by atoms with Crippen LogP contribution in [0.15, 0.2) is 101 Å². The van der Waals surface area contributed by atoms with Crippen molar-refractivity contribution >= 4 is 28.8 Å². The lowest BCUT2D eigenvalue weighted by Gasteiger charge is -2.07. The van der Waals surface area contributed by atoms with Gasteiger partial charge in [-0.1, -0.05) is 42.5 Å². The molecule has 0 bridgehead atoms. The summed E-state index contributed by atoms with van der Waals surface area (Å²) in [4.78, 5) is 26.0. The minimum absolute atomic E-state index is 0.0970. The van der Waals surface area contributed by atoms with E-state index in [-0.39, 0.29) is 34.4 Å². The Labute approximate surface area is 222 Å². The summed E-state index contributed by atoms with van der Waals surface area (Å²) < 4.78 is 36.3. The molecular formula is C32H21FO6. The lowest BCUT2D eigenvalue weighted by Crippen LogP contribution is -2.09. The number of fused-ring (bicyclic) bond motifs is 2. The zero-order valence-electron chi connectivity index (χ0n) is 20.8. The normalized spacial score (nSPS) is 13.4. The van der Waals surface area contributed by atoms with Gasteiger partial charge < -0.3 is 18.6 Å². The van der Waals surface area contributed by atoms with Gasteiger partial charge >= 0.3 is 5.97 Å². The number of carbonyl (C=O) groups excluding carboxylic acids is 2. The number of furan rings is 1.